The zero-order valence-electron chi connectivity index (χ0n) is 11.0. The average molecular weight is 216 g/mol. The van der Waals surface area contributed by atoms with Crippen LogP contribution in [0.5, 0.6) is 0 Å². The van der Waals surface area contributed by atoms with Gasteiger partial charge in [-0.15, -0.1) is 0 Å². The Morgan fingerprint density at radius 3 is 2.00 bits per heavy atom. The molecular formula is C13H28O2. The first kappa shape index (κ1) is 14.9. The molecular weight excluding hydrogens is 188 g/mol. The number of aliphatic hydroxyl groups excluding tert-OH is 1. The van der Waals surface area contributed by atoms with Gasteiger partial charge in [0, 0.05) is 12.5 Å². The van der Waals surface area contributed by atoms with Crippen LogP contribution in [0.1, 0.15) is 53.9 Å². The van der Waals surface area contributed by atoms with Gasteiger partial charge in [-0.25, -0.2) is 0 Å². The van der Waals surface area contributed by atoms with Crippen LogP contribution in [0.15, 0.2) is 0 Å². The molecule has 0 aromatic carbocycles. The van der Waals surface area contributed by atoms with Gasteiger partial charge in [-0.2, -0.15) is 0 Å². The summed E-state index contributed by atoms with van der Waals surface area (Å²) in [6.45, 7) is 11.0. The van der Waals surface area contributed by atoms with Crippen molar-refractivity contribution in [3.63, 3.8) is 0 Å². The lowest BCUT2D eigenvalue weighted by molar-refractivity contribution is -0.0599. The van der Waals surface area contributed by atoms with Crippen LogP contribution >= 0.6 is 0 Å². The molecule has 0 heterocycles. The third kappa shape index (κ3) is 6.16. The lowest BCUT2D eigenvalue weighted by Gasteiger charge is -2.28. The van der Waals surface area contributed by atoms with Crippen molar-refractivity contribution in [2.45, 2.75) is 66.1 Å². The first-order valence-electron chi connectivity index (χ1n) is 6.31. The van der Waals surface area contributed by atoms with E-state index in [4.69, 9.17) is 9.84 Å². The highest BCUT2D eigenvalue weighted by molar-refractivity contribution is 4.68. The van der Waals surface area contributed by atoms with Crippen LogP contribution in [0.3, 0.4) is 0 Å². The van der Waals surface area contributed by atoms with E-state index in [1.54, 1.807) is 0 Å². The first-order valence-corrected chi connectivity index (χ1v) is 6.31. The minimum Gasteiger partial charge on any atom is -0.396 e. The highest BCUT2D eigenvalue weighted by Crippen LogP contribution is 2.19. The van der Waals surface area contributed by atoms with E-state index in [1.165, 1.54) is 0 Å². The van der Waals surface area contributed by atoms with Gasteiger partial charge in [0.1, 0.15) is 0 Å². The molecule has 0 bridgehead atoms. The van der Waals surface area contributed by atoms with Crippen LogP contribution in [0.25, 0.3) is 0 Å². The lowest BCUT2D eigenvalue weighted by atomic mass is 10.0. The van der Waals surface area contributed by atoms with Gasteiger partial charge < -0.3 is 9.84 Å². The van der Waals surface area contributed by atoms with Gasteiger partial charge in [0.2, 0.25) is 0 Å². The van der Waals surface area contributed by atoms with Gasteiger partial charge in [-0.3, -0.25) is 0 Å². The summed E-state index contributed by atoms with van der Waals surface area (Å²) >= 11 is 0. The Kier molecular flexibility index (Phi) is 8.07. The zero-order valence-corrected chi connectivity index (χ0v) is 11.0. The van der Waals surface area contributed by atoms with Gasteiger partial charge in [-0.1, -0.05) is 34.6 Å². The molecule has 0 fully saturated rings. The van der Waals surface area contributed by atoms with E-state index >= 15 is 0 Å². The highest BCUT2D eigenvalue weighted by Gasteiger charge is 2.19. The Balaban J connectivity index is 4.11. The molecule has 0 aromatic heterocycles. The van der Waals surface area contributed by atoms with Crippen molar-refractivity contribution < 1.29 is 9.84 Å². The largest absolute Gasteiger partial charge is 0.396 e. The molecule has 15 heavy (non-hydrogen) atoms. The van der Waals surface area contributed by atoms with Crippen LogP contribution < -0.4 is 0 Å². The topological polar surface area (TPSA) is 29.5 Å². The van der Waals surface area contributed by atoms with Crippen molar-refractivity contribution in [3.8, 4) is 0 Å². The van der Waals surface area contributed by atoms with E-state index in [2.05, 4.69) is 34.6 Å². The third-order valence-corrected chi connectivity index (χ3v) is 2.88. The highest BCUT2D eigenvalue weighted by atomic mass is 16.5. The van der Waals surface area contributed by atoms with E-state index in [1.807, 2.05) is 0 Å². The molecule has 3 unspecified atom stereocenters. The summed E-state index contributed by atoms with van der Waals surface area (Å²) in [4.78, 5) is 0. The summed E-state index contributed by atoms with van der Waals surface area (Å²) in [6, 6.07) is 0. The normalized spacial score (nSPS) is 17.8. The van der Waals surface area contributed by atoms with Crippen molar-refractivity contribution in [3.05, 3.63) is 0 Å². The Morgan fingerprint density at radius 1 is 1.07 bits per heavy atom. The smallest absolute Gasteiger partial charge is 0.0623 e. The molecule has 1 N–H and O–H groups in total. The molecule has 0 aliphatic heterocycles. The molecule has 0 saturated carbocycles. The van der Waals surface area contributed by atoms with Crippen molar-refractivity contribution >= 4 is 0 Å². The van der Waals surface area contributed by atoms with Gasteiger partial charge in [0.05, 0.1) is 12.2 Å². The van der Waals surface area contributed by atoms with E-state index < -0.39 is 0 Å². The molecule has 3 atom stereocenters. The summed E-state index contributed by atoms with van der Waals surface area (Å²) in [7, 11) is 0. The second kappa shape index (κ2) is 8.12. The molecule has 0 radical (unpaired) electrons. The summed E-state index contributed by atoms with van der Waals surface area (Å²) in [6.07, 6.45) is 3.72. The SMILES string of the molecule is CCC(CC(C)C)OC(CC)C(C)CO. The maximum absolute atomic E-state index is 9.12. The molecule has 0 spiro atoms. The molecule has 0 saturated heterocycles. The summed E-state index contributed by atoms with van der Waals surface area (Å²) in [5.41, 5.74) is 0. The molecule has 2 nitrogen and oxygen atoms in total. The van der Waals surface area contributed by atoms with Gasteiger partial charge >= 0.3 is 0 Å². The minimum atomic E-state index is 0.207. The Bertz CT molecular complexity index is 145. The van der Waals surface area contributed by atoms with Crippen molar-refractivity contribution in [2.24, 2.45) is 11.8 Å². The number of aliphatic hydroxyl groups is 1. The second-order valence-corrected chi connectivity index (χ2v) is 4.90. The predicted molar refractivity (Wildman–Crippen MR) is 64.9 cm³/mol. The molecule has 92 valence electrons. The van der Waals surface area contributed by atoms with Crippen LogP contribution in [0.4, 0.5) is 0 Å². The van der Waals surface area contributed by atoms with Crippen molar-refractivity contribution in [1.82, 2.24) is 0 Å². The number of hydrogen-bond donors (Lipinski definition) is 1. The summed E-state index contributed by atoms with van der Waals surface area (Å²) < 4.78 is 6.05. The van der Waals surface area contributed by atoms with Crippen molar-refractivity contribution in [1.29, 1.82) is 0 Å². The fourth-order valence-electron chi connectivity index (χ4n) is 1.84. The maximum atomic E-state index is 9.12. The van der Waals surface area contributed by atoms with Gasteiger partial charge in [0.15, 0.2) is 0 Å². The van der Waals surface area contributed by atoms with Crippen LogP contribution in [-0.4, -0.2) is 23.9 Å². The Labute approximate surface area is 95.0 Å². The molecule has 2 heteroatoms. The summed E-state index contributed by atoms with van der Waals surface area (Å²) in [5.74, 6) is 0.924. The van der Waals surface area contributed by atoms with Crippen molar-refractivity contribution in [2.75, 3.05) is 6.61 Å². The quantitative estimate of drug-likeness (QED) is 0.675. The average Bonchev–Trinajstić information content (AvgIpc) is 2.22. The van der Waals surface area contributed by atoms with Crippen LogP contribution in [0, 0.1) is 11.8 Å². The first-order chi connectivity index (χ1) is 7.04. The molecule has 0 rings (SSSR count). The molecule has 0 aliphatic rings. The zero-order chi connectivity index (χ0) is 11.8. The maximum Gasteiger partial charge on any atom is 0.0623 e. The van der Waals surface area contributed by atoms with Gasteiger partial charge in [-0.05, 0) is 25.2 Å². The molecule has 0 aliphatic carbocycles. The molecule has 0 amide bonds. The van der Waals surface area contributed by atoms with Crippen LogP contribution in [-0.2, 0) is 4.74 Å². The fourth-order valence-corrected chi connectivity index (χ4v) is 1.84. The number of hydrogen-bond acceptors (Lipinski definition) is 2. The predicted octanol–water partition coefficient (Wildman–Crippen LogP) is 3.23. The third-order valence-electron chi connectivity index (χ3n) is 2.88. The molecule has 0 aromatic rings. The lowest BCUT2D eigenvalue weighted by Crippen LogP contribution is -2.29. The second-order valence-electron chi connectivity index (χ2n) is 4.90. The Morgan fingerprint density at radius 2 is 1.67 bits per heavy atom. The van der Waals surface area contributed by atoms with E-state index in [0.717, 1.165) is 19.3 Å². The monoisotopic (exact) mass is 216 g/mol. The van der Waals surface area contributed by atoms with E-state index in [9.17, 15) is 0 Å². The standard InChI is InChI=1S/C13H28O2/c1-6-12(8-10(3)4)15-13(7-2)11(5)9-14/h10-14H,6-9H2,1-5H3. The fraction of sp³-hybridized carbons (Fsp3) is 1.00. The van der Waals surface area contributed by atoms with Crippen LogP contribution in [0.2, 0.25) is 0 Å². The summed E-state index contributed by atoms with van der Waals surface area (Å²) in [5, 5.41) is 9.12. The number of ether oxygens (including phenoxy) is 1. The van der Waals surface area contributed by atoms with E-state index in [-0.39, 0.29) is 18.6 Å². The van der Waals surface area contributed by atoms with E-state index in [0.29, 0.717) is 12.0 Å². The van der Waals surface area contributed by atoms with Gasteiger partial charge in [0.25, 0.3) is 0 Å². The number of rotatable bonds is 8. The minimum absolute atomic E-state index is 0.207. The Hall–Kier alpha value is -0.0800.